The fourth-order valence-electron chi connectivity index (χ4n) is 3.74. The molecular formula is C20H26N6O2S. The van der Waals surface area contributed by atoms with Crippen LogP contribution in [0.15, 0.2) is 35.5 Å². The molecule has 0 saturated carbocycles. The van der Waals surface area contributed by atoms with Gasteiger partial charge in [-0.25, -0.2) is 4.79 Å². The van der Waals surface area contributed by atoms with Crippen LogP contribution in [0.2, 0.25) is 0 Å². The van der Waals surface area contributed by atoms with Gasteiger partial charge in [-0.15, -0.1) is 10.2 Å². The number of amides is 3. The minimum absolute atomic E-state index is 0.204. The normalized spacial score (nSPS) is 18.7. The molecule has 2 aliphatic rings. The van der Waals surface area contributed by atoms with Gasteiger partial charge in [0.15, 0.2) is 11.0 Å². The summed E-state index contributed by atoms with van der Waals surface area (Å²) in [6.07, 6.45) is 3.71. The van der Waals surface area contributed by atoms with Crippen molar-refractivity contribution in [2.45, 2.75) is 43.1 Å². The summed E-state index contributed by atoms with van der Waals surface area (Å²) >= 11 is 1.34. The van der Waals surface area contributed by atoms with Gasteiger partial charge in [0.2, 0.25) is 5.91 Å². The highest BCUT2D eigenvalue weighted by atomic mass is 32.2. The molecule has 1 aromatic carbocycles. The van der Waals surface area contributed by atoms with Crippen LogP contribution in [0, 0.1) is 0 Å². The van der Waals surface area contributed by atoms with Gasteiger partial charge in [0, 0.05) is 18.8 Å². The van der Waals surface area contributed by atoms with Crippen molar-refractivity contribution in [1.82, 2.24) is 29.9 Å². The van der Waals surface area contributed by atoms with Crippen molar-refractivity contribution in [2.24, 2.45) is 0 Å². The molecule has 1 aromatic heterocycles. The average Bonchev–Trinajstić information content (AvgIpc) is 3.35. The van der Waals surface area contributed by atoms with Gasteiger partial charge in [-0.2, -0.15) is 0 Å². The van der Waals surface area contributed by atoms with Crippen molar-refractivity contribution < 1.29 is 9.59 Å². The van der Waals surface area contributed by atoms with Crippen molar-refractivity contribution in [3.8, 4) is 5.69 Å². The number of hydrogen-bond acceptors (Lipinski definition) is 6. The van der Waals surface area contributed by atoms with E-state index in [0.29, 0.717) is 18.2 Å². The number of para-hydroxylation sites is 1. The number of carbonyl (C=O) groups is 2. The van der Waals surface area contributed by atoms with Gasteiger partial charge >= 0.3 is 6.03 Å². The van der Waals surface area contributed by atoms with E-state index in [2.05, 4.69) is 20.4 Å². The number of urea groups is 1. The first-order valence-electron chi connectivity index (χ1n) is 10.1. The van der Waals surface area contributed by atoms with Crippen LogP contribution in [-0.4, -0.2) is 67.9 Å². The van der Waals surface area contributed by atoms with Gasteiger partial charge < -0.3 is 5.32 Å². The fraction of sp³-hybridized carbons (Fsp3) is 0.500. The summed E-state index contributed by atoms with van der Waals surface area (Å²) in [6, 6.07) is 9.66. The molecule has 2 aromatic rings. The zero-order valence-electron chi connectivity index (χ0n) is 16.6. The second-order valence-corrected chi connectivity index (χ2v) is 8.70. The lowest BCUT2D eigenvalue weighted by Gasteiger charge is -2.26. The highest BCUT2D eigenvalue weighted by Gasteiger charge is 2.31. The largest absolute Gasteiger partial charge is 0.336 e. The van der Waals surface area contributed by atoms with Crippen molar-refractivity contribution in [2.75, 3.05) is 26.2 Å². The molecule has 2 aliphatic heterocycles. The summed E-state index contributed by atoms with van der Waals surface area (Å²) in [5.74, 6) is 0.671. The molecule has 0 spiro atoms. The Morgan fingerprint density at radius 2 is 1.90 bits per heavy atom. The van der Waals surface area contributed by atoms with Crippen LogP contribution in [0.25, 0.3) is 5.69 Å². The quantitative estimate of drug-likeness (QED) is 0.730. The van der Waals surface area contributed by atoms with Crippen molar-refractivity contribution >= 4 is 23.7 Å². The molecule has 4 rings (SSSR count). The van der Waals surface area contributed by atoms with Gasteiger partial charge in [-0.1, -0.05) is 36.4 Å². The number of nitrogens with one attached hydrogen (secondary N) is 1. The molecule has 29 heavy (non-hydrogen) atoms. The molecule has 0 aliphatic carbocycles. The predicted molar refractivity (Wildman–Crippen MR) is 111 cm³/mol. The summed E-state index contributed by atoms with van der Waals surface area (Å²) in [5.41, 5.74) is 0.977. The lowest BCUT2D eigenvalue weighted by atomic mass is 10.1. The Labute approximate surface area is 174 Å². The van der Waals surface area contributed by atoms with E-state index in [9.17, 15) is 9.59 Å². The van der Waals surface area contributed by atoms with E-state index in [-0.39, 0.29) is 11.9 Å². The van der Waals surface area contributed by atoms with Gasteiger partial charge in [0.1, 0.15) is 0 Å². The number of benzene rings is 1. The third-order valence-electron chi connectivity index (χ3n) is 5.28. The molecule has 2 fully saturated rings. The van der Waals surface area contributed by atoms with Gasteiger partial charge in [-0.05, 0) is 45.0 Å². The molecule has 154 valence electrons. The predicted octanol–water partition coefficient (Wildman–Crippen LogP) is 2.29. The lowest BCUT2D eigenvalue weighted by Crippen LogP contribution is -2.39. The average molecular weight is 415 g/mol. The van der Waals surface area contributed by atoms with E-state index in [1.807, 2.05) is 41.8 Å². The number of rotatable bonds is 6. The minimum Gasteiger partial charge on any atom is -0.336 e. The number of carbonyl (C=O) groups excluding carboxylic acids is 2. The summed E-state index contributed by atoms with van der Waals surface area (Å²) < 4.78 is 2.03. The number of imide groups is 1. The number of aromatic nitrogens is 3. The van der Waals surface area contributed by atoms with Crippen LogP contribution in [-0.2, 0) is 11.3 Å². The summed E-state index contributed by atoms with van der Waals surface area (Å²) in [4.78, 5) is 28.2. The Kier molecular flexibility index (Phi) is 6.15. The second kappa shape index (κ2) is 8.96. The van der Waals surface area contributed by atoms with E-state index in [1.54, 1.807) is 0 Å². The number of thioether (sulfide) groups is 1. The lowest BCUT2D eigenvalue weighted by molar-refractivity contribution is -0.126. The Morgan fingerprint density at radius 3 is 2.59 bits per heavy atom. The molecule has 0 bridgehead atoms. The van der Waals surface area contributed by atoms with Crippen LogP contribution in [0.5, 0.6) is 0 Å². The van der Waals surface area contributed by atoms with E-state index < -0.39 is 5.25 Å². The maximum absolute atomic E-state index is 12.7. The van der Waals surface area contributed by atoms with E-state index in [4.69, 9.17) is 0 Å². The van der Waals surface area contributed by atoms with E-state index in [0.717, 1.165) is 31.1 Å². The first kappa shape index (κ1) is 19.9. The topological polar surface area (TPSA) is 83.4 Å². The maximum Gasteiger partial charge on any atom is 0.324 e. The summed E-state index contributed by atoms with van der Waals surface area (Å²) in [6.45, 7) is 5.61. The zero-order valence-corrected chi connectivity index (χ0v) is 17.4. The first-order valence-corrected chi connectivity index (χ1v) is 11.0. The van der Waals surface area contributed by atoms with Crippen LogP contribution in [0.1, 0.15) is 32.0 Å². The number of likely N-dealkylation sites (tertiary alicyclic amines) is 1. The molecule has 2 saturated heterocycles. The highest BCUT2D eigenvalue weighted by Crippen LogP contribution is 2.28. The van der Waals surface area contributed by atoms with Crippen molar-refractivity contribution in [3.05, 3.63) is 36.2 Å². The molecule has 3 heterocycles. The third kappa shape index (κ3) is 4.45. The molecule has 0 radical (unpaired) electrons. The minimum atomic E-state index is -0.437. The number of hydrogen-bond donors (Lipinski definition) is 1. The Morgan fingerprint density at radius 1 is 1.14 bits per heavy atom. The Hall–Kier alpha value is -2.39. The molecule has 8 nitrogen and oxygen atoms in total. The van der Waals surface area contributed by atoms with Crippen LogP contribution in [0.4, 0.5) is 4.79 Å². The van der Waals surface area contributed by atoms with E-state index in [1.165, 1.54) is 35.9 Å². The first-order chi connectivity index (χ1) is 14.1. The molecule has 1 unspecified atom stereocenters. The zero-order chi connectivity index (χ0) is 20.2. The summed E-state index contributed by atoms with van der Waals surface area (Å²) in [7, 11) is 0. The Bertz CT molecular complexity index is 865. The number of piperidine rings is 1. The second-order valence-electron chi connectivity index (χ2n) is 7.39. The molecular weight excluding hydrogens is 388 g/mol. The molecule has 3 amide bonds. The third-order valence-corrected chi connectivity index (χ3v) is 6.31. The fourth-order valence-corrected chi connectivity index (χ4v) is 4.69. The standard InChI is InChI=1S/C20H26N6O2S/c1-15(18(27)25-13-10-21-19(25)28)29-20-23-22-17(14-24-11-6-3-7-12-24)26(20)16-8-4-2-5-9-16/h2,4-5,8-9,15H,3,6-7,10-14H2,1H3,(H,21,28). The Balaban J connectivity index is 1.57. The smallest absolute Gasteiger partial charge is 0.324 e. The van der Waals surface area contributed by atoms with Gasteiger partial charge in [0.25, 0.3) is 0 Å². The van der Waals surface area contributed by atoms with Crippen LogP contribution < -0.4 is 5.32 Å². The van der Waals surface area contributed by atoms with E-state index >= 15 is 0 Å². The molecule has 1 atom stereocenters. The van der Waals surface area contributed by atoms with Crippen molar-refractivity contribution in [1.29, 1.82) is 0 Å². The van der Waals surface area contributed by atoms with Gasteiger partial charge in [-0.3, -0.25) is 19.2 Å². The van der Waals surface area contributed by atoms with Crippen LogP contribution >= 0.6 is 11.8 Å². The van der Waals surface area contributed by atoms with Crippen LogP contribution in [0.3, 0.4) is 0 Å². The van der Waals surface area contributed by atoms with Crippen molar-refractivity contribution in [3.63, 3.8) is 0 Å². The molecule has 9 heteroatoms. The maximum atomic E-state index is 12.7. The highest BCUT2D eigenvalue weighted by molar-refractivity contribution is 8.00. The summed E-state index contributed by atoms with van der Waals surface area (Å²) in [5, 5.41) is 11.8. The monoisotopic (exact) mass is 414 g/mol. The molecule has 1 N–H and O–H groups in total. The van der Waals surface area contributed by atoms with Gasteiger partial charge in [0.05, 0.1) is 11.8 Å². The SMILES string of the molecule is CC(Sc1nnc(CN2CCCCC2)n1-c1ccccc1)C(=O)N1CCNC1=O. The number of nitrogens with zero attached hydrogens (tertiary/aromatic N) is 5.